The van der Waals surface area contributed by atoms with Crippen molar-refractivity contribution in [1.82, 2.24) is 10.2 Å². The Labute approximate surface area is 156 Å². The summed E-state index contributed by atoms with van der Waals surface area (Å²) in [7, 11) is 3.39. The van der Waals surface area contributed by atoms with Crippen molar-refractivity contribution in [3.05, 3.63) is 83.4 Å². The van der Waals surface area contributed by atoms with E-state index < -0.39 is 0 Å². The molecule has 1 aromatic heterocycles. The third kappa shape index (κ3) is 4.41. The third-order valence-corrected chi connectivity index (χ3v) is 4.02. The number of rotatable bonds is 5. The van der Waals surface area contributed by atoms with Crippen LogP contribution in [0.25, 0.3) is 11.3 Å². The summed E-state index contributed by atoms with van der Waals surface area (Å²) in [6.45, 7) is 0.307. The molecule has 0 radical (unpaired) electrons. The molecule has 0 saturated heterocycles. The minimum atomic E-state index is -0.350. The molecule has 0 aliphatic rings. The summed E-state index contributed by atoms with van der Waals surface area (Å²) >= 11 is 0. The summed E-state index contributed by atoms with van der Waals surface area (Å²) in [6, 6.07) is 16.1. The summed E-state index contributed by atoms with van der Waals surface area (Å²) in [5, 5.41) is 2.77. The zero-order valence-electron chi connectivity index (χ0n) is 15.0. The van der Waals surface area contributed by atoms with Gasteiger partial charge in [-0.3, -0.25) is 9.59 Å². The molecular weight excluding hydrogens is 347 g/mol. The second-order valence-electron chi connectivity index (χ2n) is 6.25. The Morgan fingerprint density at radius 3 is 2.26 bits per heavy atom. The predicted octanol–water partition coefficient (Wildman–Crippen LogP) is 3.72. The van der Waals surface area contributed by atoms with Crippen molar-refractivity contribution in [2.45, 2.75) is 6.54 Å². The third-order valence-electron chi connectivity index (χ3n) is 4.02. The molecule has 1 N–H and O–H groups in total. The van der Waals surface area contributed by atoms with E-state index >= 15 is 0 Å². The van der Waals surface area contributed by atoms with Gasteiger partial charge in [-0.1, -0.05) is 12.1 Å². The van der Waals surface area contributed by atoms with Crippen LogP contribution >= 0.6 is 0 Å². The number of carbonyl (C=O) groups excluding carboxylic acids is 2. The van der Waals surface area contributed by atoms with Crippen molar-refractivity contribution < 1.29 is 18.4 Å². The topological polar surface area (TPSA) is 62.6 Å². The Hall–Kier alpha value is -3.41. The molecule has 2 aromatic carbocycles. The van der Waals surface area contributed by atoms with Crippen LogP contribution in [0.3, 0.4) is 0 Å². The molecule has 0 fully saturated rings. The first-order valence-electron chi connectivity index (χ1n) is 8.38. The van der Waals surface area contributed by atoms with Crippen LogP contribution in [0.1, 0.15) is 26.5 Å². The maximum Gasteiger partial charge on any atom is 0.287 e. The number of nitrogens with one attached hydrogen (secondary N) is 1. The Morgan fingerprint density at radius 1 is 0.963 bits per heavy atom. The molecule has 0 unspecified atom stereocenters. The van der Waals surface area contributed by atoms with Crippen LogP contribution in [0.5, 0.6) is 0 Å². The van der Waals surface area contributed by atoms with Gasteiger partial charge in [-0.2, -0.15) is 0 Å². The Kier molecular flexibility index (Phi) is 5.35. The Bertz CT molecular complexity index is 944. The highest BCUT2D eigenvalue weighted by molar-refractivity contribution is 5.94. The molecule has 2 amide bonds. The second-order valence-corrected chi connectivity index (χ2v) is 6.25. The lowest BCUT2D eigenvalue weighted by Crippen LogP contribution is -2.23. The molecule has 0 spiro atoms. The van der Waals surface area contributed by atoms with E-state index in [9.17, 15) is 14.0 Å². The summed E-state index contributed by atoms with van der Waals surface area (Å²) in [6.07, 6.45) is 0. The molecule has 3 aromatic rings. The van der Waals surface area contributed by atoms with Crippen molar-refractivity contribution >= 4 is 11.8 Å². The van der Waals surface area contributed by atoms with Crippen LogP contribution in [0.2, 0.25) is 0 Å². The Balaban J connectivity index is 1.61. The molecule has 3 rings (SSSR count). The average molecular weight is 366 g/mol. The minimum absolute atomic E-state index is 0.0745. The van der Waals surface area contributed by atoms with Crippen LogP contribution in [0, 0.1) is 5.82 Å². The number of hydrogen-bond acceptors (Lipinski definition) is 3. The van der Waals surface area contributed by atoms with E-state index in [-0.39, 0.29) is 23.4 Å². The molecule has 0 saturated carbocycles. The van der Waals surface area contributed by atoms with Gasteiger partial charge in [0, 0.05) is 31.8 Å². The fourth-order valence-corrected chi connectivity index (χ4v) is 2.52. The van der Waals surface area contributed by atoms with E-state index in [2.05, 4.69) is 5.32 Å². The fraction of sp³-hybridized carbons (Fsp3) is 0.143. The van der Waals surface area contributed by atoms with E-state index in [0.717, 1.165) is 5.56 Å². The molecule has 27 heavy (non-hydrogen) atoms. The highest BCUT2D eigenvalue weighted by Gasteiger charge is 2.13. The number of amides is 2. The molecule has 138 valence electrons. The van der Waals surface area contributed by atoms with Gasteiger partial charge in [0.25, 0.3) is 11.8 Å². The number of benzene rings is 2. The van der Waals surface area contributed by atoms with Gasteiger partial charge < -0.3 is 14.6 Å². The zero-order valence-corrected chi connectivity index (χ0v) is 15.0. The second kappa shape index (κ2) is 7.86. The van der Waals surface area contributed by atoms with E-state index in [1.54, 1.807) is 62.6 Å². The molecular formula is C21H19FN2O3. The molecule has 0 bridgehead atoms. The van der Waals surface area contributed by atoms with Crippen LogP contribution in [0.4, 0.5) is 4.39 Å². The first-order chi connectivity index (χ1) is 12.9. The summed E-state index contributed by atoms with van der Waals surface area (Å²) in [5.74, 6) is -0.0895. The fourth-order valence-electron chi connectivity index (χ4n) is 2.52. The van der Waals surface area contributed by atoms with E-state index in [4.69, 9.17) is 4.42 Å². The van der Waals surface area contributed by atoms with Gasteiger partial charge in [0.1, 0.15) is 11.6 Å². The molecule has 0 aliphatic carbocycles. The SMILES string of the molecule is CN(C)C(=O)c1ccc(CNC(=O)c2ccc(-c3ccc(F)cc3)o2)cc1. The van der Waals surface area contributed by atoms with E-state index in [1.165, 1.54) is 17.0 Å². The van der Waals surface area contributed by atoms with Crippen LogP contribution in [-0.2, 0) is 6.54 Å². The van der Waals surface area contributed by atoms with Crippen molar-refractivity contribution in [3.8, 4) is 11.3 Å². The van der Waals surface area contributed by atoms with Crippen molar-refractivity contribution in [3.63, 3.8) is 0 Å². The summed E-state index contributed by atoms with van der Waals surface area (Å²) in [4.78, 5) is 25.6. The number of furan rings is 1. The van der Waals surface area contributed by atoms with Crippen molar-refractivity contribution in [2.24, 2.45) is 0 Å². The van der Waals surface area contributed by atoms with Gasteiger partial charge in [-0.15, -0.1) is 0 Å². The monoisotopic (exact) mass is 366 g/mol. The van der Waals surface area contributed by atoms with Crippen LogP contribution < -0.4 is 5.32 Å². The standard InChI is InChI=1S/C21H19FN2O3/c1-24(2)21(26)16-5-3-14(4-6-16)13-23-20(25)19-12-11-18(27-19)15-7-9-17(22)10-8-15/h3-12H,13H2,1-2H3,(H,23,25). The number of halogens is 1. The lowest BCUT2D eigenvalue weighted by Gasteiger charge is -2.10. The smallest absolute Gasteiger partial charge is 0.287 e. The van der Waals surface area contributed by atoms with Gasteiger partial charge in [0.05, 0.1) is 0 Å². The molecule has 0 aliphatic heterocycles. The van der Waals surface area contributed by atoms with E-state index in [0.29, 0.717) is 23.4 Å². The first kappa shape index (κ1) is 18.4. The van der Waals surface area contributed by atoms with E-state index in [1.807, 2.05) is 0 Å². The lowest BCUT2D eigenvalue weighted by molar-refractivity contribution is 0.0827. The minimum Gasteiger partial charge on any atom is -0.451 e. The van der Waals surface area contributed by atoms with Crippen molar-refractivity contribution in [2.75, 3.05) is 14.1 Å². The molecule has 1 heterocycles. The highest BCUT2D eigenvalue weighted by atomic mass is 19.1. The highest BCUT2D eigenvalue weighted by Crippen LogP contribution is 2.22. The Morgan fingerprint density at radius 2 is 1.63 bits per heavy atom. The first-order valence-corrected chi connectivity index (χ1v) is 8.38. The largest absolute Gasteiger partial charge is 0.451 e. The average Bonchev–Trinajstić information content (AvgIpc) is 3.16. The van der Waals surface area contributed by atoms with Gasteiger partial charge in [0.2, 0.25) is 0 Å². The normalized spacial score (nSPS) is 10.5. The van der Waals surface area contributed by atoms with Gasteiger partial charge in [-0.05, 0) is 54.1 Å². The van der Waals surface area contributed by atoms with Gasteiger partial charge in [0.15, 0.2) is 5.76 Å². The van der Waals surface area contributed by atoms with Crippen molar-refractivity contribution in [1.29, 1.82) is 0 Å². The van der Waals surface area contributed by atoms with Crippen LogP contribution in [-0.4, -0.2) is 30.8 Å². The zero-order chi connectivity index (χ0) is 19.4. The molecule has 6 heteroatoms. The van der Waals surface area contributed by atoms with Gasteiger partial charge in [-0.25, -0.2) is 4.39 Å². The molecule has 5 nitrogen and oxygen atoms in total. The quantitative estimate of drug-likeness (QED) is 0.749. The number of hydrogen-bond donors (Lipinski definition) is 1. The maximum atomic E-state index is 13.0. The summed E-state index contributed by atoms with van der Waals surface area (Å²) in [5.41, 5.74) is 2.14. The lowest BCUT2D eigenvalue weighted by atomic mass is 10.1. The number of nitrogens with zero attached hydrogens (tertiary/aromatic N) is 1. The number of carbonyl (C=O) groups is 2. The van der Waals surface area contributed by atoms with Gasteiger partial charge >= 0.3 is 0 Å². The summed E-state index contributed by atoms with van der Waals surface area (Å²) < 4.78 is 18.5. The predicted molar refractivity (Wildman–Crippen MR) is 99.7 cm³/mol. The van der Waals surface area contributed by atoms with Crippen LogP contribution in [0.15, 0.2) is 65.1 Å². The molecule has 0 atom stereocenters. The maximum absolute atomic E-state index is 13.0.